The topological polar surface area (TPSA) is 0 Å². The van der Waals surface area contributed by atoms with E-state index >= 15 is 0 Å². The third-order valence-electron chi connectivity index (χ3n) is 1.53. The Labute approximate surface area is 80.7 Å². The van der Waals surface area contributed by atoms with Crippen LogP contribution in [0, 0.1) is 0 Å². The lowest BCUT2D eigenvalue weighted by atomic mass is 10.1. The number of halogens is 5. The van der Waals surface area contributed by atoms with E-state index in [1.54, 1.807) is 0 Å². The largest absolute Gasteiger partial charge is 0.417 e. The van der Waals surface area contributed by atoms with E-state index < -0.39 is 18.4 Å². The van der Waals surface area contributed by atoms with Crippen LogP contribution in [0.1, 0.15) is 11.1 Å². The van der Waals surface area contributed by atoms with E-state index in [0.29, 0.717) is 0 Å². The van der Waals surface area contributed by atoms with E-state index in [1.165, 1.54) is 12.1 Å². The lowest BCUT2D eigenvalue weighted by Crippen LogP contribution is -2.06. The quantitative estimate of drug-likeness (QED) is 0.668. The molecule has 0 bridgehead atoms. The first-order valence-electron chi connectivity index (χ1n) is 3.37. The number of rotatable bonds is 1. The van der Waals surface area contributed by atoms with Gasteiger partial charge in [-0.15, -0.1) is 0 Å². The molecule has 0 aliphatic rings. The summed E-state index contributed by atoms with van der Waals surface area (Å²) in [5.74, 6) is 0. The van der Waals surface area contributed by atoms with Crippen molar-refractivity contribution < 1.29 is 17.6 Å². The first kappa shape index (κ1) is 10.5. The van der Waals surface area contributed by atoms with Gasteiger partial charge in [-0.3, -0.25) is 0 Å². The Kier molecular flexibility index (Phi) is 2.95. The van der Waals surface area contributed by atoms with E-state index in [1.807, 2.05) is 0 Å². The third-order valence-corrected chi connectivity index (χ3v) is 2.46. The summed E-state index contributed by atoms with van der Waals surface area (Å²) in [6.07, 6.45) is -4.44. The van der Waals surface area contributed by atoms with E-state index in [4.69, 9.17) is 0 Å². The average molecular weight is 257 g/mol. The summed E-state index contributed by atoms with van der Waals surface area (Å²) in [6.45, 7) is -0.912. The molecule has 5 heteroatoms. The fourth-order valence-electron chi connectivity index (χ4n) is 0.902. The van der Waals surface area contributed by atoms with Crippen LogP contribution in [0.2, 0.25) is 0 Å². The molecule has 0 saturated carbocycles. The minimum absolute atomic E-state index is 0.00910. The van der Waals surface area contributed by atoms with Gasteiger partial charge >= 0.3 is 6.18 Å². The summed E-state index contributed by atoms with van der Waals surface area (Å²) in [7, 11) is 0. The van der Waals surface area contributed by atoms with Gasteiger partial charge < -0.3 is 0 Å². The minimum atomic E-state index is -4.44. The van der Waals surface area contributed by atoms with E-state index in [9.17, 15) is 17.6 Å². The number of hydrogen-bond acceptors (Lipinski definition) is 0. The zero-order chi connectivity index (χ0) is 10.1. The van der Waals surface area contributed by atoms with E-state index in [-0.39, 0.29) is 10.0 Å². The average Bonchev–Trinajstić information content (AvgIpc) is 2.02. The molecule has 0 nitrogen and oxygen atoms in total. The van der Waals surface area contributed by atoms with Crippen LogP contribution in [-0.2, 0) is 12.9 Å². The molecule has 0 N–H and O–H groups in total. The maximum Gasteiger partial charge on any atom is 0.417 e. The molecule has 72 valence electrons. The predicted octanol–water partition coefficient (Wildman–Crippen LogP) is 3.94. The first-order valence-corrected chi connectivity index (χ1v) is 4.16. The summed E-state index contributed by atoms with van der Waals surface area (Å²) in [4.78, 5) is 0. The Bertz CT molecular complexity index is 306. The zero-order valence-corrected chi connectivity index (χ0v) is 7.91. The van der Waals surface area contributed by atoms with Gasteiger partial charge in [-0.1, -0.05) is 12.1 Å². The molecule has 0 aliphatic carbocycles. The van der Waals surface area contributed by atoms with Crippen molar-refractivity contribution in [3.05, 3.63) is 33.8 Å². The van der Waals surface area contributed by atoms with Gasteiger partial charge in [-0.25, -0.2) is 4.39 Å². The second-order valence-corrected chi connectivity index (χ2v) is 3.20. The van der Waals surface area contributed by atoms with Crippen LogP contribution in [0.25, 0.3) is 0 Å². The molecule has 0 aliphatic heterocycles. The van der Waals surface area contributed by atoms with Crippen molar-refractivity contribution in [1.82, 2.24) is 0 Å². The van der Waals surface area contributed by atoms with Crippen molar-refractivity contribution in [2.24, 2.45) is 0 Å². The molecule has 1 rings (SSSR count). The maximum absolute atomic E-state index is 12.2. The fraction of sp³-hybridized carbons (Fsp3) is 0.250. The Morgan fingerprint density at radius 1 is 1.23 bits per heavy atom. The number of benzene rings is 1. The van der Waals surface area contributed by atoms with Crippen LogP contribution in [0.3, 0.4) is 0 Å². The van der Waals surface area contributed by atoms with Crippen molar-refractivity contribution in [3.63, 3.8) is 0 Å². The Morgan fingerprint density at radius 3 is 2.31 bits per heavy atom. The molecule has 0 atom stereocenters. The Hall–Kier alpha value is -0.580. The zero-order valence-electron chi connectivity index (χ0n) is 6.33. The van der Waals surface area contributed by atoms with Crippen molar-refractivity contribution in [2.45, 2.75) is 12.9 Å². The molecule has 0 heterocycles. The van der Waals surface area contributed by atoms with Gasteiger partial charge in [0.15, 0.2) is 0 Å². The lowest BCUT2D eigenvalue weighted by molar-refractivity contribution is -0.138. The molecule has 13 heavy (non-hydrogen) atoms. The molecule has 0 aromatic heterocycles. The highest BCUT2D eigenvalue weighted by molar-refractivity contribution is 9.10. The molecular formula is C8H5BrF4. The van der Waals surface area contributed by atoms with Gasteiger partial charge in [0, 0.05) is 4.47 Å². The van der Waals surface area contributed by atoms with Gasteiger partial charge in [0.1, 0.15) is 6.67 Å². The highest BCUT2D eigenvalue weighted by Gasteiger charge is 2.33. The molecule has 1 aromatic rings. The van der Waals surface area contributed by atoms with E-state index in [0.717, 1.165) is 6.07 Å². The molecule has 0 fully saturated rings. The molecule has 0 unspecified atom stereocenters. The number of hydrogen-bond donors (Lipinski definition) is 0. The van der Waals surface area contributed by atoms with Crippen molar-refractivity contribution >= 4 is 15.9 Å². The molecule has 0 radical (unpaired) electrons. The summed E-state index contributed by atoms with van der Waals surface area (Å²) in [5.41, 5.74) is -0.836. The van der Waals surface area contributed by atoms with Gasteiger partial charge in [0.25, 0.3) is 0 Å². The van der Waals surface area contributed by atoms with Gasteiger partial charge in [-0.05, 0) is 27.6 Å². The van der Waals surface area contributed by atoms with Crippen LogP contribution in [0.4, 0.5) is 17.6 Å². The van der Waals surface area contributed by atoms with E-state index in [2.05, 4.69) is 15.9 Å². The lowest BCUT2D eigenvalue weighted by Gasteiger charge is -2.10. The monoisotopic (exact) mass is 256 g/mol. The summed E-state index contributed by atoms with van der Waals surface area (Å²) >= 11 is 2.72. The van der Waals surface area contributed by atoms with Crippen LogP contribution in [-0.4, -0.2) is 0 Å². The second-order valence-electron chi connectivity index (χ2n) is 2.41. The highest BCUT2D eigenvalue weighted by atomic mass is 79.9. The van der Waals surface area contributed by atoms with Gasteiger partial charge in [0.2, 0.25) is 0 Å². The molecule has 0 saturated heterocycles. The summed E-state index contributed by atoms with van der Waals surface area (Å²) in [6, 6.07) is 3.39. The number of alkyl halides is 4. The van der Waals surface area contributed by atoms with Crippen LogP contribution in [0.15, 0.2) is 22.7 Å². The third kappa shape index (κ3) is 2.21. The predicted molar refractivity (Wildman–Crippen MR) is 44.0 cm³/mol. The highest BCUT2D eigenvalue weighted by Crippen LogP contribution is 2.36. The molecule has 0 amide bonds. The smallest absolute Gasteiger partial charge is 0.246 e. The van der Waals surface area contributed by atoms with Crippen molar-refractivity contribution in [1.29, 1.82) is 0 Å². The maximum atomic E-state index is 12.2. The van der Waals surface area contributed by atoms with Crippen molar-refractivity contribution in [3.8, 4) is 0 Å². The summed E-state index contributed by atoms with van der Waals surface area (Å²) < 4.78 is 48.6. The Morgan fingerprint density at radius 2 is 1.85 bits per heavy atom. The van der Waals surface area contributed by atoms with Gasteiger partial charge in [0.05, 0.1) is 5.56 Å². The normalized spacial score (nSPS) is 11.8. The van der Waals surface area contributed by atoms with Gasteiger partial charge in [-0.2, -0.15) is 13.2 Å². The fourth-order valence-corrected chi connectivity index (χ4v) is 1.50. The molecule has 0 spiro atoms. The SMILES string of the molecule is FCc1cccc(C(F)(F)F)c1Br. The van der Waals surface area contributed by atoms with Crippen LogP contribution in [0.5, 0.6) is 0 Å². The molecular weight excluding hydrogens is 252 g/mol. The summed E-state index contributed by atoms with van der Waals surface area (Å²) in [5, 5.41) is 0. The first-order chi connectivity index (χ1) is 5.96. The van der Waals surface area contributed by atoms with Crippen LogP contribution < -0.4 is 0 Å². The second kappa shape index (κ2) is 3.65. The minimum Gasteiger partial charge on any atom is -0.246 e. The Balaban J connectivity index is 3.24. The molecule has 1 aromatic carbocycles. The standard InChI is InChI=1S/C8H5BrF4/c9-7-5(4-10)2-1-3-6(7)8(11,12)13/h1-3H,4H2. The van der Waals surface area contributed by atoms with Crippen molar-refractivity contribution in [2.75, 3.05) is 0 Å². The van der Waals surface area contributed by atoms with Crippen LogP contribution >= 0.6 is 15.9 Å².